The standard InChI is InChI=1S/C21H35N5OS/c1-16(2)19-15-26(11-12-28-19)21(22-3)24-14-17-7-6-8-18(13-17)20(27)23-9-10-25(4)5/h6-8,13,16,19H,9-12,14-15H2,1-5H3,(H,22,24)(H,23,27). The minimum atomic E-state index is -0.0269. The number of benzene rings is 1. The average molecular weight is 406 g/mol. The monoisotopic (exact) mass is 405 g/mol. The van der Waals surface area contributed by atoms with Crippen molar-refractivity contribution in [2.24, 2.45) is 10.9 Å². The molecular formula is C21H35N5OS. The molecule has 1 aliphatic rings. The van der Waals surface area contributed by atoms with Gasteiger partial charge in [0.2, 0.25) is 0 Å². The predicted molar refractivity (Wildman–Crippen MR) is 120 cm³/mol. The Morgan fingerprint density at radius 2 is 2.14 bits per heavy atom. The maximum atomic E-state index is 12.3. The largest absolute Gasteiger partial charge is 0.352 e. The summed E-state index contributed by atoms with van der Waals surface area (Å²) in [6.45, 7) is 8.73. The molecule has 0 aliphatic carbocycles. The minimum Gasteiger partial charge on any atom is -0.352 e. The van der Waals surface area contributed by atoms with E-state index in [0.717, 1.165) is 36.9 Å². The van der Waals surface area contributed by atoms with Crippen molar-refractivity contribution in [3.63, 3.8) is 0 Å². The molecule has 0 bridgehead atoms. The molecule has 1 aliphatic heterocycles. The molecule has 1 aromatic rings. The first-order valence-corrected chi connectivity index (χ1v) is 11.0. The number of carbonyl (C=O) groups excluding carboxylic acids is 1. The number of carbonyl (C=O) groups is 1. The highest BCUT2D eigenvalue weighted by atomic mass is 32.2. The number of likely N-dealkylation sites (N-methyl/N-ethyl adjacent to an activating group) is 1. The van der Waals surface area contributed by atoms with Gasteiger partial charge in [-0.25, -0.2) is 0 Å². The second kappa shape index (κ2) is 11.3. The Balaban J connectivity index is 1.91. The van der Waals surface area contributed by atoms with E-state index in [0.29, 0.717) is 29.8 Å². The van der Waals surface area contributed by atoms with Gasteiger partial charge in [0.15, 0.2) is 5.96 Å². The molecule has 6 nitrogen and oxygen atoms in total. The van der Waals surface area contributed by atoms with Crippen molar-refractivity contribution in [1.29, 1.82) is 0 Å². The van der Waals surface area contributed by atoms with Gasteiger partial charge in [-0.1, -0.05) is 26.0 Å². The molecule has 2 rings (SSSR count). The van der Waals surface area contributed by atoms with Crippen LogP contribution in [0.25, 0.3) is 0 Å². The molecule has 7 heteroatoms. The normalized spacial score (nSPS) is 17.9. The predicted octanol–water partition coefficient (Wildman–Crippen LogP) is 2.13. The molecule has 1 saturated heterocycles. The fraction of sp³-hybridized carbons (Fsp3) is 0.619. The molecule has 0 aromatic heterocycles. The lowest BCUT2D eigenvalue weighted by atomic mass is 10.1. The molecule has 2 N–H and O–H groups in total. The van der Waals surface area contributed by atoms with Gasteiger partial charge in [0.05, 0.1) is 0 Å². The fourth-order valence-electron chi connectivity index (χ4n) is 3.10. The van der Waals surface area contributed by atoms with Gasteiger partial charge >= 0.3 is 0 Å². The number of nitrogens with one attached hydrogen (secondary N) is 2. The molecule has 0 radical (unpaired) electrons. The van der Waals surface area contributed by atoms with Gasteiger partial charge in [-0.05, 0) is 37.7 Å². The molecule has 1 heterocycles. The third-order valence-corrected chi connectivity index (χ3v) is 6.37. The first kappa shape index (κ1) is 22.6. The van der Waals surface area contributed by atoms with E-state index in [1.807, 2.05) is 45.4 Å². The summed E-state index contributed by atoms with van der Waals surface area (Å²) in [6.07, 6.45) is 0. The van der Waals surface area contributed by atoms with Crippen molar-refractivity contribution in [1.82, 2.24) is 20.4 Å². The Bertz CT molecular complexity index is 662. The van der Waals surface area contributed by atoms with Crippen LogP contribution in [0.5, 0.6) is 0 Å². The third-order valence-electron chi connectivity index (χ3n) is 4.83. The SMILES string of the molecule is CN=C(NCc1cccc(C(=O)NCCN(C)C)c1)N1CCSC(C(C)C)C1. The van der Waals surface area contributed by atoms with Crippen LogP contribution in [0.15, 0.2) is 29.3 Å². The van der Waals surface area contributed by atoms with Crippen LogP contribution in [0.4, 0.5) is 0 Å². The molecule has 1 atom stereocenters. The van der Waals surface area contributed by atoms with Gasteiger partial charge in [-0.15, -0.1) is 0 Å². The number of rotatable bonds is 7. The number of hydrogen-bond donors (Lipinski definition) is 2. The van der Waals surface area contributed by atoms with E-state index in [4.69, 9.17) is 0 Å². The van der Waals surface area contributed by atoms with Gasteiger partial charge in [-0.2, -0.15) is 11.8 Å². The Hall–Kier alpha value is -1.73. The lowest BCUT2D eigenvalue weighted by Crippen LogP contribution is -2.48. The molecule has 156 valence electrons. The highest BCUT2D eigenvalue weighted by molar-refractivity contribution is 8.00. The summed E-state index contributed by atoms with van der Waals surface area (Å²) in [5.74, 6) is 2.70. The van der Waals surface area contributed by atoms with Crippen LogP contribution >= 0.6 is 11.8 Å². The van der Waals surface area contributed by atoms with E-state index in [9.17, 15) is 4.79 Å². The van der Waals surface area contributed by atoms with Crippen molar-refractivity contribution in [2.75, 3.05) is 53.1 Å². The Labute approximate surface area is 174 Å². The second-order valence-corrected chi connectivity index (χ2v) is 9.11. The third kappa shape index (κ3) is 7.02. The van der Waals surface area contributed by atoms with Crippen LogP contribution in [-0.2, 0) is 6.54 Å². The zero-order valence-corrected chi connectivity index (χ0v) is 18.7. The number of hydrogen-bond acceptors (Lipinski definition) is 4. The summed E-state index contributed by atoms with van der Waals surface area (Å²) < 4.78 is 0. The van der Waals surface area contributed by atoms with Crippen molar-refractivity contribution in [2.45, 2.75) is 25.6 Å². The maximum Gasteiger partial charge on any atom is 0.251 e. The van der Waals surface area contributed by atoms with E-state index >= 15 is 0 Å². The van der Waals surface area contributed by atoms with Crippen molar-refractivity contribution in [3.05, 3.63) is 35.4 Å². The van der Waals surface area contributed by atoms with Gasteiger partial charge < -0.3 is 20.4 Å². The molecule has 28 heavy (non-hydrogen) atoms. The van der Waals surface area contributed by atoms with Gasteiger partial charge in [0.25, 0.3) is 5.91 Å². The molecule has 1 fully saturated rings. The topological polar surface area (TPSA) is 60.0 Å². The zero-order valence-electron chi connectivity index (χ0n) is 17.9. The quantitative estimate of drug-likeness (QED) is 0.538. The maximum absolute atomic E-state index is 12.3. The molecular weight excluding hydrogens is 370 g/mol. The Kier molecular flexibility index (Phi) is 9.12. The summed E-state index contributed by atoms with van der Waals surface area (Å²) in [5.41, 5.74) is 1.77. The van der Waals surface area contributed by atoms with E-state index in [-0.39, 0.29) is 5.91 Å². The van der Waals surface area contributed by atoms with Gasteiger partial charge in [-0.3, -0.25) is 9.79 Å². The first-order valence-electron chi connectivity index (χ1n) is 9.99. The van der Waals surface area contributed by atoms with Crippen LogP contribution in [-0.4, -0.2) is 80.0 Å². The van der Waals surface area contributed by atoms with Crippen LogP contribution in [0.3, 0.4) is 0 Å². The average Bonchev–Trinajstić information content (AvgIpc) is 2.68. The smallest absolute Gasteiger partial charge is 0.251 e. The van der Waals surface area contributed by atoms with Crippen LogP contribution in [0.2, 0.25) is 0 Å². The van der Waals surface area contributed by atoms with Crippen LogP contribution in [0.1, 0.15) is 29.8 Å². The summed E-state index contributed by atoms with van der Waals surface area (Å²) in [7, 11) is 5.83. The van der Waals surface area contributed by atoms with Gasteiger partial charge in [0.1, 0.15) is 0 Å². The Morgan fingerprint density at radius 1 is 1.36 bits per heavy atom. The second-order valence-electron chi connectivity index (χ2n) is 7.76. The fourth-order valence-corrected chi connectivity index (χ4v) is 4.40. The van der Waals surface area contributed by atoms with Crippen molar-refractivity contribution >= 4 is 23.6 Å². The summed E-state index contributed by atoms with van der Waals surface area (Å²) in [5, 5.41) is 7.07. The number of nitrogens with zero attached hydrogens (tertiary/aromatic N) is 3. The Morgan fingerprint density at radius 3 is 2.82 bits per heavy atom. The zero-order chi connectivity index (χ0) is 20.5. The minimum absolute atomic E-state index is 0.0269. The van der Waals surface area contributed by atoms with E-state index in [2.05, 4.69) is 51.0 Å². The highest BCUT2D eigenvalue weighted by Crippen LogP contribution is 2.24. The van der Waals surface area contributed by atoms with Crippen molar-refractivity contribution < 1.29 is 4.79 Å². The molecule has 1 unspecified atom stereocenters. The number of guanidine groups is 1. The molecule has 1 aromatic carbocycles. The highest BCUT2D eigenvalue weighted by Gasteiger charge is 2.24. The van der Waals surface area contributed by atoms with E-state index in [1.165, 1.54) is 0 Å². The molecule has 1 amide bonds. The van der Waals surface area contributed by atoms with E-state index < -0.39 is 0 Å². The summed E-state index contributed by atoms with van der Waals surface area (Å²) in [6, 6.07) is 7.79. The molecule has 0 spiro atoms. The van der Waals surface area contributed by atoms with Gasteiger partial charge in [0, 0.05) is 56.3 Å². The van der Waals surface area contributed by atoms with Crippen molar-refractivity contribution in [3.8, 4) is 0 Å². The number of amides is 1. The lowest BCUT2D eigenvalue weighted by molar-refractivity contribution is 0.0951. The van der Waals surface area contributed by atoms with E-state index in [1.54, 1.807) is 0 Å². The first-order chi connectivity index (χ1) is 13.4. The summed E-state index contributed by atoms with van der Waals surface area (Å²) in [4.78, 5) is 21.2. The number of thioether (sulfide) groups is 1. The van der Waals surface area contributed by atoms with Crippen LogP contribution in [0, 0.1) is 5.92 Å². The molecule has 0 saturated carbocycles. The van der Waals surface area contributed by atoms with Crippen LogP contribution < -0.4 is 10.6 Å². The number of aliphatic imine (C=N–C) groups is 1. The lowest BCUT2D eigenvalue weighted by Gasteiger charge is -2.36. The summed E-state index contributed by atoms with van der Waals surface area (Å²) >= 11 is 2.06.